The predicted octanol–water partition coefficient (Wildman–Crippen LogP) is 0.614. The SMILES string of the molecule is CCOC(=O)NC(CCC(O)=C1C(=O)OC(C)(C)OC1=O)C(=O)O. The number of amides is 1. The lowest BCUT2D eigenvalue weighted by Crippen LogP contribution is -2.43. The zero-order chi connectivity index (χ0) is 18.5. The molecule has 1 amide bonds. The number of carbonyl (C=O) groups excluding carboxylic acids is 3. The molecule has 0 aromatic heterocycles. The van der Waals surface area contributed by atoms with Gasteiger partial charge in [-0.2, -0.15) is 0 Å². The molecule has 1 fully saturated rings. The molecule has 10 heteroatoms. The first-order chi connectivity index (χ1) is 11.1. The van der Waals surface area contributed by atoms with Gasteiger partial charge in [0.2, 0.25) is 0 Å². The van der Waals surface area contributed by atoms with E-state index in [0.717, 1.165) is 0 Å². The van der Waals surface area contributed by atoms with Crippen molar-refractivity contribution in [3.8, 4) is 0 Å². The van der Waals surface area contributed by atoms with Gasteiger partial charge in [0.1, 0.15) is 11.8 Å². The molecule has 0 bridgehead atoms. The number of rotatable bonds is 6. The highest BCUT2D eigenvalue weighted by atomic mass is 16.7. The van der Waals surface area contributed by atoms with Gasteiger partial charge in [-0.1, -0.05) is 0 Å². The van der Waals surface area contributed by atoms with Gasteiger partial charge in [-0.15, -0.1) is 0 Å². The lowest BCUT2D eigenvalue weighted by Gasteiger charge is -2.30. The fourth-order valence-electron chi connectivity index (χ4n) is 1.87. The second kappa shape index (κ2) is 7.66. The van der Waals surface area contributed by atoms with Crippen molar-refractivity contribution in [3.05, 3.63) is 11.3 Å². The van der Waals surface area contributed by atoms with E-state index in [2.05, 4.69) is 10.1 Å². The van der Waals surface area contributed by atoms with Gasteiger partial charge in [0, 0.05) is 20.3 Å². The van der Waals surface area contributed by atoms with Crippen molar-refractivity contribution < 1.29 is 43.6 Å². The van der Waals surface area contributed by atoms with E-state index in [1.54, 1.807) is 6.92 Å². The number of hydrogen-bond donors (Lipinski definition) is 3. The second-order valence-corrected chi connectivity index (χ2v) is 5.29. The maximum absolute atomic E-state index is 11.8. The standard InChI is InChI=1S/C14H19NO9/c1-4-22-13(21)15-7(10(17)18)5-6-8(16)9-11(19)23-14(2,3)24-12(9)20/h7,16H,4-6H2,1-3H3,(H,15,21)(H,17,18). The van der Waals surface area contributed by atoms with Gasteiger partial charge >= 0.3 is 24.0 Å². The maximum atomic E-state index is 11.8. The van der Waals surface area contributed by atoms with Gasteiger partial charge in [-0.25, -0.2) is 19.2 Å². The van der Waals surface area contributed by atoms with E-state index in [4.69, 9.17) is 14.6 Å². The molecule has 1 rings (SSSR count). The van der Waals surface area contributed by atoms with Gasteiger partial charge in [-0.3, -0.25) is 0 Å². The van der Waals surface area contributed by atoms with Crippen LogP contribution in [0, 0.1) is 0 Å². The predicted molar refractivity (Wildman–Crippen MR) is 76.7 cm³/mol. The van der Waals surface area contributed by atoms with Crippen LogP contribution in [0.25, 0.3) is 0 Å². The van der Waals surface area contributed by atoms with Crippen LogP contribution in [-0.2, 0) is 28.6 Å². The molecule has 1 aliphatic rings. The number of allylic oxidation sites excluding steroid dienone is 1. The molecule has 10 nitrogen and oxygen atoms in total. The second-order valence-electron chi connectivity index (χ2n) is 5.29. The molecule has 1 atom stereocenters. The van der Waals surface area contributed by atoms with E-state index < -0.39 is 47.2 Å². The number of hydrogen-bond acceptors (Lipinski definition) is 8. The number of aliphatic hydroxyl groups is 1. The summed E-state index contributed by atoms with van der Waals surface area (Å²) in [5.74, 6) is -5.64. The molecule has 24 heavy (non-hydrogen) atoms. The summed E-state index contributed by atoms with van der Waals surface area (Å²) in [6.45, 7) is 4.30. The van der Waals surface area contributed by atoms with Crippen molar-refractivity contribution in [2.45, 2.75) is 45.4 Å². The largest absolute Gasteiger partial charge is 0.511 e. The molecule has 1 heterocycles. The summed E-state index contributed by atoms with van der Waals surface area (Å²) in [7, 11) is 0. The normalized spacial score (nSPS) is 17.4. The minimum atomic E-state index is -1.45. The van der Waals surface area contributed by atoms with Gasteiger partial charge in [0.25, 0.3) is 5.79 Å². The lowest BCUT2D eigenvalue weighted by atomic mass is 10.1. The molecule has 1 saturated heterocycles. The number of alkyl carbamates (subject to hydrolysis) is 1. The highest BCUT2D eigenvalue weighted by Crippen LogP contribution is 2.25. The molecule has 3 N–H and O–H groups in total. The Bertz CT molecular complexity index is 557. The van der Waals surface area contributed by atoms with Crippen molar-refractivity contribution in [2.75, 3.05) is 6.61 Å². The molecule has 0 aromatic rings. The summed E-state index contributed by atoms with van der Waals surface area (Å²) in [5.41, 5.74) is -0.699. The zero-order valence-corrected chi connectivity index (χ0v) is 13.5. The summed E-state index contributed by atoms with van der Waals surface area (Å²) in [6.07, 6.45) is -1.59. The van der Waals surface area contributed by atoms with Crippen LogP contribution in [-0.4, -0.2) is 52.7 Å². The third-order valence-corrected chi connectivity index (χ3v) is 2.91. The molecular weight excluding hydrogens is 326 g/mol. The van der Waals surface area contributed by atoms with Crippen LogP contribution in [0.2, 0.25) is 0 Å². The van der Waals surface area contributed by atoms with Crippen molar-refractivity contribution >= 4 is 24.0 Å². The number of aliphatic carboxylic acids is 1. The first-order valence-corrected chi connectivity index (χ1v) is 7.12. The highest BCUT2D eigenvalue weighted by Gasteiger charge is 2.41. The smallest absolute Gasteiger partial charge is 0.407 e. The minimum Gasteiger partial charge on any atom is -0.511 e. The molecule has 1 unspecified atom stereocenters. The number of cyclic esters (lactones) is 2. The van der Waals surface area contributed by atoms with E-state index in [9.17, 15) is 24.3 Å². The molecule has 0 spiro atoms. The molecule has 0 saturated carbocycles. The van der Waals surface area contributed by atoms with Crippen molar-refractivity contribution in [1.29, 1.82) is 0 Å². The number of carboxylic acid groups (broad SMARTS) is 1. The van der Waals surface area contributed by atoms with Crippen molar-refractivity contribution in [3.63, 3.8) is 0 Å². The van der Waals surface area contributed by atoms with Crippen LogP contribution in [0.5, 0.6) is 0 Å². The third kappa shape index (κ3) is 5.14. The molecule has 1 aliphatic heterocycles. The van der Waals surface area contributed by atoms with Crippen LogP contribution >= 0.6 is 0 Å². The third-order valence-electron chi connectivity index (χ3n) is 2.91. The number of aliphatic hydroxyl groups excluding tert-OH is 1. The van der Waals surface area contributed by atoms with Crippen molar-refractivity contribution in [1.82, 2.24) is 5.32 Å². The quantitative estimate of drug-likeness (QED) is 0.272. The van der Waals surface area contributed by atoms with E-state index >= 15 is 0 Å². The zero-order valence-electron chi connectivity index (χ0n) is 13.5. The molecular formula is C14H19NO9. The summed E-state index contributed by atoms with van der Waals surface area (Å²) in [4.78, 5) is 45.9. The fraction of sp³-hybridized carbons (Fsp3) is 0.571. The van der Waals surface area contributed by atoms with E-state index in [0.29, 0.717) is 0 Å². The molecule has 0 radical (unpaired) electrons. The monoisotopic (exact) mass is 345 g/mol. The Kier molecular flexibility index (Phi) is 6.15. The van der Waals surface area contributed by atoms with Crippen molar-refractivity contribution in [2.24, 2.45) is 0 Å². The Morgan fingerprint density at radius 3 is 2.21 bits per heavy atom. The van der Waals surface area contributed by atoms with E-state index in [-0.39, 0.29) is 19.4 Å². The molecule has 0 aromatic carbocycles. The fourth-order valence-corrected chi connectivity index (χ4v) is 1.87. The first kappa shape index (κ1) is 19.3. The van der Waals surface area contributed by atoms with Gasteiger partial charge in [0.15, 0.2) is 5.57 Å². The Balaban J connectivity index is 2.79. The number of ether oxygens (including phenoxy) is 3. The van der Waals surface area contributed by atoms with E-state index in [1.807, 2.05) is 0 Å². The van der Waals surface area contributed by atoms with Gasteiger partial charge in [-0.05, 0) is 13.3 Å². The van der Waals surface area contributed by atoms with Gasteiger partial charge < -0.3 is 29.7 Å². The Labute approximate surface area is 137 Å². The van der Waals surface area contributed by atoms with Crippen LogP contribution in [0.15, 0.2) is 11.3 Å². The van der Waals surface area contributed by atoms with Crippen LogP contribution in [0.3, 0.4) is 0 Å². The summed E-state index contributed by atoms with van der Waals surface area (Å²) >= 11 is 0. The Morgan fingerprint density at radius 2 is 1.75 bits per heavy atom. The number of carbonyl (C=O) groups is 4. The lowest BCUT2D eigenvalue weighted by molar-refractivity contribution is -0.222. The summed E-state index contributed by atoms with van der Waals surface area (Å²) < 4.78 is 14.2. The first-order valence-electron chi connectivity index (χ1n) is 7.12. The summed E-state index contributed by atoms with van der Waals surface area (Å²) in [5, 5.41) is 21.0. The van der Waals surface area contributed by atoms with Gasteiger partial charge in [0.05, 0.1) is 6.61 Å². The molecule has 134 valence electrons. The average molecular weight is 345 g/mol. The highest BCUT2D eigenvalue weighted by molar-refractivity contribution is 6.15. The summed E-state index contributed by atoms with van der Waals surface area (Å²) in [6, 6.07) is -1.38. The number of carboxylic acids is 1. The minimum absolute atomic E-state index is 0.0565. The van der Waals surface area contributed by atoms with Crippen LogP contribution in [0.1, 0.15) is 33.6 Å². The Morgan fingerprint density at radius 1 is 1.21 bits per heavy atom. The maximum Gasteiger partial charge on any atom is 0.407 e. The Hall–Kier alpha value is -2.78. The topological polar surface area (TPSA) is 148 Å². The number of esters is 2. The van der Waals surface area contributed by atoms with Crippen LogP contribution < -0.4 is 5.32 Å². The van der Waals surface area contributed by atoms with Crippen LogP contribution in [0.4, 0.5) is 4.79 Å². The number of nitrogens with one attached hydrogen (secondary N) is 1. The van der Waals surface area contributed by atoms with E-state index in [1.165, 1.54) is 13.8 Å². The molecule has 0 aliphatic carbocycles. The average Bonchev–Trinajstić information content (AvgIpc) is 2.41.